The minimum atomic E-state index is -1.89. The number of nitrogens with one attached hydrogen (secondary N) is 1. The van der Waals surface area contributed by atoms with E-state index in [9.17, 15) is 35.3 Å². The maximum absolute atomic E-state index is 13.0. The number of carboxylic acid groups (broad SMARTS) is 1. The van der Waals surface area contributed by atoms with Crippen molar-refractivity contribution >= 4 is 22.8 Å². The normalized spacial score (nSPS) is 21.1. The highest BCUT2D eigenvalue weighted by Gasteiger charge is 2.45. The van der Waals surface area contributed by atoms with Crippen LogP contribution in [0.4, 0.5) is 0 Å². The third-order valence-electron chi connectivity index (χ3n) is 6.37. The van der Waals surface area contributed by atoms with Gasteiger partial charge >= 0.3 is 5.97 Å². The van der Waals surface area contributed by atoms with Crippen molar-refractivity contribution in [2.24, 2.45) is 5.92 Å². The zero-order chi connectivity index (χ0) is 28.4. The van der Waals surface area contributed by atoms with Crippen LogP contribution in [0.2, 0.25) is 1.41 Å². The number of nitrogens with zero attached hydrogens (tertiary/aromatic N) is 3. The minimum Gasteiger partial charge on any atom is -0.478 e. The fraction of sp³-hybridized carbons (Fsp3) is 0.333. The highest BCUT2D eigenvalue weighted by Crippen LogP contribution is 2.35. The monoisotopic (exact) mass is 521 g/mol. The third-order valence-corrected chi connectivity index (χ3v) is 6.37. The summed E-state index contributed by atoms with van der Waals surface area (Å²) < 4.78 is 15.4. The van der Waals surface area contributed by atoms with E-state index >= 15 is 0 Å². The second kappa shape index (κ2) is 11.0. The Kier molecular flexibility index (Phi) is 7.37. The molecule has 0 bridgehead atoms. The first kappa shape index (κ1) is 25.4. The Balaban J connectivity index is 1.99. The number of hydrogen-bond acceptors (Lipinski definition) is 8. The van der Waals surface area contributed by atoms with Gasteiger partial charge in [-0.1, -0.05) is 56.3 Å². The standard InChI is InChI=1S/C27H28N4O7/c1-14(2)26(35)29-23-18(11-21(27(36)37)38-25(23)24(34)20(33)13-32)31-19(12-28)17-10-6-9-16(22(17)30-31)15-7-4-3-5-8-15/h3-11,14,18,20,23-25,32-34H,13H2,1-2H3,(H,29,35)(H,36,37)/t18-,20+,23+,24+,25+/m0/s1/i/hD. The fourth-order valence-electron chi connectivity index (χ4n) is 4.39. The van der Waals surface area contributed by atoms with E-state index in [2.05, 4.69) is 11.2 Å². The van der Waals surface area contributed by atoms with Gasteiger partial charge in [-0.25, -0.2) is 9.48 Å². The predicted octanol–water partition coefficient (Wildman–Crippen LogP) is 1.34. The van der Waals surface area contributed by atoms with Crippen LogP contribution in [0.3, 0.4) is 0 Å². The van der Waals surface area contributed by atoms with E-state index in [1.165, 1.54) is 4.68 Å². The van der Waals surface area contributed by atoms with E-state index in [0.717, 1.165) is 11.6 Å². The number of carbonyl (C=O) groups is 2. The van der Waals surface area contributed by atoms with Crippen molar-refractivity contribution in [3.05, 3.63) is 66.1 Å². The number of fused-ring (bicyclic) bond motifs is 1. The van der Waals surface area contributed by atoms with Gasteiger partial charge < -0.3 is 30.5 Å². The Labute approximate surface area is 219 Å². The Morgan fingerprint density at radius 3 is 2.53 bits per heavy atom. The smallest absolute Gasteiger partial charge is 0.370 e. The summed E-state index contributed by atoms with van der Waals surface area (Å²) in [5, 5.41) is 56.1. The van der Waals surface area contributed by atoms with Crippen molar-refractivity contribution < 1.29 is 36.2 Å². The molecule has 0 saturated carbocycles. The van der Waals surface area contributed by atoms with Crippen molar-refractivity contribution in [3.8, 4) is 17.2 Å². The Hall–Kier alpha value is -4.24. The molecule has 4 rings (SSSR count). The van der Waals surface area contributed by atoms with Crippen LogP contribution < -0.4 is 5.31 Å². The molecule has 5 N–H and O–H groups in total. The topological polar surface area (TPSA) is 178 Å². The zero-order valence-electron chi connectivity index (χ0n) is 21.7. The number of aromatic nitrogens is 2. The molecule has 1 amide bonds. The highest BCUT2D eigenvalue weighted by molar-refractivity contribution is 5.96. The summed E-state index contributed by atoms with van der Waals surface area (Å²) in [5.74, 6) is -3.49. The van der Waals surface area contributed by atoms with Crippen molar-refractivity contribution in [2.45, 2.75) is 44.2 Å². The molecule has 198 valence electrons. The maximum atomic E-state index is 13.0. The van der Waals surface area contributed by atoms with Crippen LogP contribution in [0.25, 0.3) is 22.0 Å². The molecule has 1 aliphatic rings. The average Bonchev–Trinajstić information content (AvgIpc) is 3.33. The summed E-state index contributed by atoms with van der Waals surface area (Å²) >= 11 is 0. The molecule has 1 aliphatic heterocycles. The largest absolute Gasteiger partial charge is 0.478 e. The number of aliphatic hydroxyl groups is 3. The number of ether oxygens (including phenoxy) is 1. The molecule has 2 heterocycles. The Bertz CT molecular complexity index is 1450. The van der Waals surface area contributed by atoms with Crippen LogP contribution in [0.15, 0.2) is 60.4 Å². The lowest BCUT2D eigenvalue weighted by Crippen LogP contribution is -2.59. The van der Waals surface area contributed by atoms with Gasteiger partial charge in [-0.3, -0.25) is 4.79 Å². The van der Waals surface area contributed by atoms with Crippen LogP contribution in [0.1, 0.15) is 25.6 Å². The van der Waals surface area contributed by atoms with E-state index in [4.69, 9.17) is 6.15 Å². The van der Waals surface area contributed by atoms with E-state index in [0.29, 0.717) is 21.8 Å². The molecule has 0 saturated heterocycles. The average molecular weight is 522 g/mol. The van der Waals surface area contributed by atoms with Crippen LogP contribution in [0.5, 0.6) is 0 Å². The van der Waals surface area contributed by atoms with E-state index in [-0.39, 0.29) is 5.69 Å². The van der Waals surface area contributed by atoms with Crippen LogP contribution >= 0.6 is 0 Å². The lowest BCUT2D eigenvalue weighted by atomic mass is 9.91. The molecule has 0 aliphatic carbocycles. The number of amides is 1. The van der Waals surface area contributed by atoms with Gasteiger partial charge in [0.2, 0.25) is 11.7 Å². The molecule has 0 spiro atoms. The molecule has 11 heteroatoms. The summed E-state index contributed by atoms with van der Waals surface area (Å²) in [5.41, 5.74) is 1.97. The summed E-state index contributed by atoms with van der Waals surface area (Å²) in [7, 11) is 0. The second-order valence-corrected chi connectivity index (χ2v) is 9.24. The molecule has 11 nitrogen and oxygen atoms in total. The van der Waals surface area contributed by atoms with Crippen LogP contribution in [-0.4, -0.2) is 73.0 Å². The number of aliphatic hydroxyl groups excluding tert-OH is 3. The number of benzene rings is 2. The van der Waals surface area contributed by atoms with Gasteiger partial charge in [-0.2, -0.15) is 10.4 Å². The summed E-state index contributed by atoms with van der Waals surface area (Å²) in [6.45, 7) is 2.23. The highest BCUT2D eigenvalue weighted by atomic mass is 16.5. The van der Waals surface area contributed by atoms with Crippen molar-refractivity contribution in [2.75, 3.05) is 6.61 Å². The molecular formula is C27H28N4O7. The molecule has 0 fully saturated rings. The SMILES string of the molecule is [2H]N(C(=O)C(C)C)[C@H]1[C@H]([C@H](O)[C@H](O)CO)OC(C(=O)O)=C[C@@H]1n1nc2c(-c3ccccc3)cccc2c1C#N. The molecule has 38 heavy (non-hydrogen) atoms. The van der Waals surface area contributed by atoms with E-state index < -0.39 is 60.6 Å². The van der Waals surface area contributed by atoms with Crippen molar-refractivity contribution in [3.63, 3.8) is 0 Å². The number of carbonyl (C=O) groups excluding carboxylic acids is 1. The van der Waals surface area contributed by atoms with Crippen molar-refractivity contribution in [1.82, 2.24) is 15.1 Å². The lowest BCUT2D eigenvalue weighted by molar-refractivity contribution is -0.147. The van der Waals surface area contributed by atoms with Gasteiger partial charge in [0.05, 0.1) is 18.7 Å². The number of nitriles is 1. The van der Waals surface area contributed by atoms with Gasteiger partial charge in [0.25, 0.3) is 0 Å². The molecule has 5 atom stereocenters. The number of hydrogen-bond donors (Lipinski definition) is 5. The van der Waals surface area contributed by atoms with Gasteiger partial charge in [-0.15, -0.1) is 0 Å². The Morgan fingerprint density at radius 2 is 1.92 bits per heavy atom. The first-order chi connectivity index (χ1) is 18.6. The Morgan fingerprint density at radius 1 is 1.21 bits per heavy atom. The fourth-order valence-corrected chi connectivity index (χ4v) is 4.39. The third kappa shape index (κ3) is 4.97. The molecule has 0 unspecified atom stereocenters. The maximum Gasteiger partial charge on any atom is 0.370 e. The quantitative estimate of drug-likeness (QED) is 0.292. The van der Waals surface area contributed by atoms with Gasteiger partial charge in [0, 0.05) is 16.9 Å². The summed E-state index contributed by atoms with van der Waals surface area (Å²) in [4.78, 5) is 25.0. The second-order valence-electron chi connectivity index (χ2n) is 9.24. The molecule has 2 aromatic carbocycles. The predicted molar refractivity (Wildman–Crippen MR) is 135 cm³/mol. The summed E-state index contributed by atoms with van der Waals surface area (Å²) in [6, 6.07) is 13.9. The molecular weight excluding hydrogens is 492 g/mol. The number of rotatable bonds is 8. The molecule has 0 radical (unpaired) electrons. The van der Waals surface area contributed by atoms with Crippen LogP contribution in [-0.2, 0) is 14.3 Å². The number of aliphatic carboxylic acids is 1. The van der Waals surface area contributed by atoms with Crippen LogP contribution in [0, 0.1) is 17.2 Å². The van der Waals surface area contributed by atoms with Gasteiger partial charge in [-0.05, 0) is 17.7 Å². The zero-order valence-corrected chi connectivity index (χ0v) is 20.7. The van der Waals surface area contributed by atoms with E-state index in [1.807, 2.05) is 36.4 Å². The number of carboxylic acids is 1. The first-order valence-electron chi connectivity index (χ1n) is 12.4. The summed E-state index contributed by atoms with van der Waals surface area (Å²) in [6.07, 6.45) is -4.22. The van der Waals surface area contributed by atoms with Gasteiger partial charge in [0.1, 0.15) is 35.6 Å². The van der Waals surface area contributed by atoms with Gasteiger partial charge in [0.15, 0.2) is 1.41 Å². The molecule has 3 aromatic rings. The minimum absolute atomic E-state index is 0.0296. The molecule has 1 aromatic heterocycles. The lowest BCUT2D eigenvalue weighted by Gasteiger charge is -2.40. The first-order valence-corrected chi connectivity index (χ1v) is 12.0. The van der Waals surface area contributed by atoms with Crippen molar-refractivity contribution in [1.29, 1.82) is 5.26 Å². The van der Waals surface area contributed by atoms with E-state index in [1.54, 1.807) is 26.0 Å².